The van der Waals surface area contributed by atoms with Crippen LogP contribution in [0, 0.1) is 11.8 Å². The van der Waals surface area contributed by atoms with Gasteiger partial charge in [0.2, 0.25) is 0 Å². The summed E-state index contributed by atoms with van der Waals surface area (Å²) < 4.78 is 0. The Morgan fingerprint density at radius 3 is 2.50 bits per heavy atom. The molecule has 3 heteroatoms. The van der Waals surface area contributed by atoms with E-state index in [2.05, 4.69) is 54.7 Å². The van der Waals surface area contributed by atoms with E-state index in [9.17, 15) is 0 Å². The number of aliphatic hydroxyl groups excluding tert-OH is 1. The molecule has 1 heterocycles. The zero-order valence-corrected chi connectivity index (χ0v) is 12.6. The standard InChI is InChI=1S/C17H24N2O/c1-14-11-19(12-15(2)18(14)3)13-17-8-5-4-7-16(17)9-6-10-20/h4-5,7-8,14-15,20H,10-13H2,1-3H3. The fourth-order valence-electron chi connectivity index (χ4n) is 2.80. The Labute approximate surface area is 122 Å². The van der Waals surface area contributed by atoms with E-state index in [4.69, 9.17) is 5.11 Å². The van der Waals surface area contributed by atoms with Gasteiger partial charge in [-0.2, -0.15) is 0 Å². The van der Waals surface area contributed by atoms with E-state index in [1.165, 1.54) is 5.56 Å². The molecule has 0 aliphatic carbocycles. The topological polar surface area (TPSA) is 26.7 Å². The van der Waals surface area contributed by atoms with E-state index >= 15 is 0 Å². The van der Waals surface area contributed by atoms with Crippen molar-refractivity contribution < 1.29 is 5.11 Å². The first kappa shape index (κ1) is 15.1. The molecule has 0 bridgehead atoms. The summed E-state index contributed by atoms with van der Waals surface area (Å²) in [6.45, 7) is 7.57. The largest absolute Gasteiger partial charge is 0.384 e. The fraction of sp³-hybridized carbons (Fsp3) is 0.529. The van der Waals surface area contributed by atoms with E-state index in [1.54, 1.807) is 0 Å². The van der Waals surface area contributed by atoms with Gasteiger partial charge in [0.1, 0.15) is 6.61 Å². The van der Waals surface area contributed by atoms with E-state index in [-0.39, 0.29) is 6.61 Å². The molecular formula is C17H24N2O. The van der Waals surface area contributed by atoms with Crippen molar-refractivity contribution in [2.75, 3.05) is 26.7 Å². The van der Waals surface area contributed by atoms with E-state index in [0.717, 1.165) is 25.2 Å². The normalized spacial score (nSPS) is 24.2. The molecule has 2 atom stereocenters. The monoisotopic (exact) mass is 272 g/mol. The summed E-state index contributed by atoms with van der Waals surface area (Å²) >= 11 is 0. The number of piperazine rings is 1. The highest BCUT2D eigenvalue weighted by atomic mass is 16.2. The molecule has 3 nitrogen and oxygen atoms in total. The van der Waals surface area contributed by atoms with Crippen molar-refractivity contribution in [3.05, 3.63) is 35.4 Å². The number of hydrogen-bond acceptors (Lipinski definition) is 3. The van der Waals surface area contributed by atoms with Gasteiger partial charge in [-0.25, -0.2) is 0 Å². The predicted molar refractivity (Wildman–Crippen MR) is 82.4 cm³/mol. The van der Waals surface area contributed by atoms with Crippen LogP contribution in [-0.2, 0) is 6.54 Å². The Hall–Kier alpha value is -1.34. The van der Waals surface area contributed by atoms with Gasteiger partial charge in [0.25, 0.3) is 0 Å². The van der Waals surface area contributed by atoms with Crippen LogP contribution in [0.4, 0.5) is 0 Å². The number of likely N-dealkylation sites (N-methyl/N-ethyl adjacent to an activating group) is 1. The molecule has 0 spiro atoms. The molecule has 1 aliphatic heterocycles. The number of hydrogen-bond donors (Lipinski definition) is 1. The summed E-state index contributed by atoms with van der Waals surface area (Å²) in [4.78, 5) is 4.93. The molecular weight excluding hydrogens is 248 g/mol. The van der Waals surface area contributed by atoms with E-state index in [1.807, 2.05) is 12.1 Å². The molecule has 0 amide bonds. The van der Waals surface area contributed by atoms with E-state index in [0.29, 0.717) is 12.1 Å². The minimum absolute atomic E-state index is 0.0864. The second-order valence-corrected chi connectivity index (χ2v) is 5.67. The van der Waals surface area contributed by atoms with Crippen LogP contribution in [0.5, 0.6) is 0 Å². The first-order valence-corrected chi connectivity index (χ1v) is 7.23. The maximum absolute atomic E-state index is 8.85. The maximum Gasteiger partial charge on any atom is 0.104 e. The smallest absolute Gasteiger partial charge is 0.104 e. The summed E-state index contributed by atoms with van der Waals surface area (Å²) in [7, 11) is 2.20. The van der Waals surface area contributed by atoms with Gasteiger partial charge in [-0.1, -0.05) is 30.0 Å². The first-order valence-electron chi connectivity index (χ1n) is 7.23. The highest BCUT2D eigenvalue weighted by molar-refractivity contribution is 5.41. The molecule has 1 aliphatic rings. The lowest BCUT2D eigenvalue weighted by atomic mass is 10.0. The summed E-state index contributed by atoms with van der Waals surface area (Å²) in [6, 6.07) is 9.38. The molecule has 1 saturated heterocycles. The highest BCUT2D eigenvalue weighted by Crippen LogP contribution is 2.17. The van der Waals surface area contributed by atoms with Crippen LogP contribution >= 0.6 is 0 Å². The van der Waals surface area contributed by atoms with Gasteiger partial charge in [-0.15, -0.1) is 0 Å². The van der Waals surface area contributed by atoms with Crippen LogP contribution in [0.15, 0.2) is 24.3 Å². The fourth-order valence-corrected chi connectivity index (χ4v) is 2.80. The Bertz CT molecular complexity index is 491. The molecule has 108 valence electrons. The minimum Gasteiger partial charge on any atom is -0.384 e. The lowest BCUT2D eigenvalue weighted by Crippen LogP contribution is -2.54. The van der Waals surface area contributed by atoms with Crippen molar-refractivity contribution in [1.82, 2.24) is 9.80 Å². The quantitative estimate of drug-likeness (QED) is 0.828. The highest BCUT2D eigenvalue weighted by Gasteiger charge is 2.26. The van der Waals surface area contributed by atoms with Gasteiger partial charge in [-0.05, 0) is 32.5 Å². The molecule has 20 heavy (non-hydrogen) atoms. The van der Waals surface area contributed by atoms with Crippen LogP contribution in [0.3, 0.4) is 0 Å². The average Bonchev–Trinajstić information content (AvgIpc) is 2.44. The van der Waals surface area contributed by atoms with Crippen molar-refractivity contribution in [2.24, 2.45) is 0 Å². The molecule has 2 rings (SSSR count). The van der Waals surface area contributed by atoms with Crippen molar-refractivity contribution in [3.8, 4) is 11.8 Å². The Morgan fingerprint density at radius 1 is 1.20 bits per heavy atom. The molecule has 1 aromatic carbocycles. The van der Waals surface area contributed by atoms with Gasteiger partial charge in [0.15, 0.2) is 0 Å². The van der Waals surface area contributed by atoms with Gasteiger partial charge < -0.3 is 5.11 Å². The third-order valence-electron chi connectivity index (χ3n) is 4.15. The van der Waals surface area contributed by atoms with Crippen molar-refractivity contribution in [2.45, 2.75) is 32.5 Å². The number of nitrogens with zero attached hydrogens (tertiary/aromatic N) is 2. The number of benzene rings is 1. The van der Waals surface area contributed by atoms with Crippen LogP contribution in [0.1, 0.15) is 25.0 Å². The minimum atomic E-state index is -0.0864. The number of rotatable bonds is 2. The van der Waals surface area contributed by atoms with Gasteiger partial charge in [0.05, 0.1) is 0 Å². The van der Waals surface area contributed by atoms with Crippen LogP contribution < -0.4 is 0 Å². The van der Waals surface area contributed by atoms with Crippen LogP contribution in [0.2, 0.25) is 0 Å². The van der Waals surface area contributed by atoms with Crippen molar-refractivity contribution in [1.29, 1.82) is 0 Å². The first-order chi connectivity index (χ1) is 9.61. The van der Waals surface area contributed by atoms with Gasteiger partial charge >= 0.3 is 0 Å². The molecule has 0 aromatic heterocycles. The van der Waals surface area contributed by atoms with Gasteiger partial charge in [-0.3, -0.25) is 9.80 Å². The predicted octanol–water partition coefficient (Wildman–Crippen LogP) is 1.55. The average molecular weight is 272 g/mol. The molecule has 1 fully saturated rings. The zero-order chi connectivity index (χ0) is 14.5. The summed E-state index contributed by atoms with van der Waals surface area (Å²) in [5.41, 5.74) is 2.28. The summed E-state index contributed by atoms with van der Waals surface area (Å²) in [5, 5.41) is 8.85. The van der Waals surface area contributed by atoms with E-state index < -0.39 is 0 Å². The third kappa shape index (κ3) is 3.61. The van der Waals surface area contributed by atoms with Crippen molar-refractivity contribution in [3.63, 3.8) is 0 Å². The Morgan fingerprint density at radius 2 is 1.85 bits per heavy atom. The van der Waals surface area contributed by atoms with Gasteiger partial charge in [0, 0.05) is 37.3 Å². The molecule has 1 aromatic rings. The Balaban J connectivity index is 2.10. The zero-order valence-electron chi connectivity index (χ0n) is 12.6. The second-order valence-electron chi connectivity index (χ2n) is 5.67. The van der Waals surface area contributed by atoms with Crippen LogP contribution in [-0.4, -0.2) is 53.7 Å². The van der Waals surface area contributed by atoms with Crippen LogP contribution in [0.25, 0.3) is 0 Å². The lowest BCUT2D eigenvalue weighted by Gasteiger charge is -2.42. The summed E-state index contributed by atoms with van der Waals surface area (Å²) in [5.74, 6) is 5.79. The Kier molecular flexibility index (Phi) is 5.19. The molecule has 0 radical (unpaired) electrons. The van der Waals surface area contributed by atoms with Crippen molar-refractivity contribution >= 4 is 0 Å². The lowest BCUT2D eigenvalue weighted by molar-refractivity contribution is 0.0556. The maximum atomic E-state index is 8.85. The summed E-state index contributed by atoms with van der Waals surface area (Å²) in [6.07, 6.45) is 0. The number of aliphatic hydroxyl groups is 1. The SMILES string of the molecule is CC1CN(Cc2ccccc2C#CCO)CC(C)N1C. The molecule has 0 saturated carbocycles. The second kappa shape index (κ2) is 6.90. The molecule has 2 unspecified atom stereocenters. The third-order valence-corrected chi connectivity index (χ3v) is 4.15. The molecule has 1 N–H and O–H groups in total.